The first-order chi connectivity index (χ1) is 9.24. The van der Waals surface area contributed by atoms with Crippen LogP contribution in [0.2, 0.25) is 0 Å². The van der Waals surface area contributed by atoms with E-state index in [1.807, 2.05) is 0 Å². The van der Waals surface area contributed by atoms with E-state index in [0.717, 1.165) is 37.5 Å². The Hall–Kier alpha value is -0.570. The van der Waals surface area contributed by atoms with Gasteiger partial charge in [0.15, 0.2) is 0 Å². The maximum Gasteiger partial charge on any atom is 0.306 e. The molecule has 3 heteroatoms. The highest BCUT2D eigenvalue weighted by Crippen LogP contribution is 2.49. The summed E-state index contributed by atoms with van der Waals surface area (Å²) in [7, 11) is 1.75. The van der Waals surface area contributed by atoms with Crippen LogP contribution in [-0.2, 0) is 14.3 Å². The first kappa shape index (κ1) is 13.4. The molecule has 0 aromatic carbocycles. The van der Waals surface area contributed by atoms with Gasteiger partial charge < -0.3 is 9.47 Å². The third-order valence-electron chi connectivity index (χ3n) is 5.52. The van der Waals surface area contributed by atoms with Crippen LogP contribution in [0, 0.1) is 17.8 Å². The number of carbonyl (C=O) groups excluding carboxylic acids is 1. The topological polar surface area (TPSA) is 35.5 Å². The van der Waals surface area contributed by atoms with E-state index in [2.05, 4.69) is 0 Å². The van der Waals surface area contributed by atoms with Gasteiger partial charge in [0, 0.05) is 20.0 Å². The van der Waals surface area contributed by atoms with Gasteiger partial charge in [0.2, 0.25) is 0 Å². The summed E-state index contributed by atoms with van der Waals surface area (Å²) in [5.41, 5.74) is 0. The van der Waals surface area contributed by atoms with Gasteiger partial charge in [-0.1, -0.05) is 6.42 Å². The molecule has 0 amide bonds. The van der Waals surface area contributed by atoms with Gasteiger partial charge in [-0.05, 0) is 56.3 Å². The Morgan fingerprint density at radius 2 is 1.89 bits per heavy atom. The minimum Gasteiger partial charge on any atom is -0.462 e. The Kier molecular flexibility index (Phi) is 4.11. The van der Waals surface area contributed by atoms with Gasteiger partial charge in [-0.2, -0.15) is 0 Å². The number of hydrogen-bond donors (Lipinski definition) is 0. The number of esters is 1. The van der Waals surface area contributed by atoms with Gasteiger partial charge in [-0.25, -0.2) is 0 Å². The summed E-state index contributed by atoms with van der Waals surface area (Å²) in [6.07, 6.45) is 10.6. The molecule has 0 aliphatic heterocycles. The molecule has 0 aromatic heterocycles. The molecule has 0 aromatic rings. The fraction of sp³-hybridized carbons (Fsp3) is 0.938. The van der Waals surface area contributed by atoms with E-state index in [4.69, 9.17) is 9.47 Å². The Bertz CT molecular complexity index is 328. The predicted molar refractivity (Wildman–Crippen MR) is 72.7 cm³/mol. The fourth-order valence-electron chi connectivity index (χ4n) is 4.50. The zero-order valence-corrected chi connectivity index (χ0v) is 12.0. The van der Waals surface area contributed by atoms with Crippen LogP contribution in [0.25, 0.3) is 0 Å². The zero-order valence-electron chi connectivity index (χ0n) is 12.0. The SMILES string of the molecule is COC1CCCC(OC(=O)CC2CC3CCC2C3)C1. The van der Waals surface area contributed by atoms with E-state index in [-0.39, 0.29) is 18.2 Å². The molecular weight excluding hydrogens is 240 g/mol. The monoisotopic (exact) mass is 266 g/mol. The maximum atomic E-state index is 12.1. The molecule has 2 bridgehead atoms. The van der Waals surface area contributed by atoms with Crippen molar-refractivity contribution in [1.82, 2.24) is 0 Å². The van der Waals surface area contributed by atoms with Gasteiger partial charge in [0.25, 0.3) is 0 Å². The smallest absolute Gasteiger partial charge is 0.306 e. The van der Waals surface area contributed by atoms with E-state index >= 15 is 0 Å². The Labute approximate surface area is 116 Å². The van der Waals surface area contributed by atoms with Gasteiger partial charge in [0.05, 0.1) is 6.10 Å². The Morgan fingerprint density at radius 3 is 2.58 bits per heavy atom. The van der Waals surface area contributed by atoms with Crippen LogP contribution < -0.4 is 0 Å². The molecule has 3 nitrogen and oxygen atoms in total. The van der Waals surface area contributed by atoms with Gasteiger partial charge in [0.1, 0.15) is 6.10 Å². The number of rotatable bonds is 4. The summed E-state index contributed by atoms with van der Waals surface area (Å²) in [5, 5.41) is 0. The summed E-state index contributed by atoms with van der Waals surface area (Å²) in [6.45, 7) is 0. The average Bonchev–Trinajstić information content (AvgIpc) is 3.01. The van der Waals surface area contributed by atoms with E-state index in [1.165, 1.54) is 25.7 Å². The van der Waals surface area contributed by atoms with Gasteiger partial charge in [-0.15, -0.1) is 0 Å². The van der Waals surface area contributed by atoms with E-state index < -0.39 is 0 Å². The minimum absolute atomic E-state index is 0.0410. The first-order valence-electron chi connectivity index (χ1n) is 7.97. The van der Waals surface area contributed by atoms with Crippen molar-refractivity contribution >= 4 is 5.97 Å². The van der Waals surface area contributed by atoms with Crippen LogP contribution >= 0.6 is 0 Å². The second-order valence-corrected chi connectivity index (χ2v) is 6.78. The highest BCUT2D eigenvalue weighted by Gasteiger charge is 2.40. The summed E-state index contributed by atoms with van der Waals surface area (Å²) >= 11 is 0. The second kappa shape index (κ2) is 5.82. The van der Waals surface area contributed by atoms with Gasteiger partial charge >= 0.3 is 5.97 Å². The maximum absolute atomic E-state index is 12.1. The van der Waals surface area contributed by atoms with E-state index in [1.54, 1.807) is 7.11 Å². The number of ether oxygens (including phenoxy) is 2. The third-order valence-corrected chi connectivity index (χ3v) is 5.52. The summed E-state index contributed by atoms with van der Waals surface area (Å²) in [5.74, 6) is 2.39. The van der Waals surface area contributed by atoms with Crippen LogP contribution in [0.5, 0.6) is 0 Å². The average molecular weight is 266 g/mol. The molecule has 3 fully saturated rings. The molecule has 0 radical (unpaired) electrons. The first-order valence-corrected chi connectivity index (χ1v) is 7.97. The van der Waals surface area contributed by atoms with Crippen molar-refractivity contribution < 1.29 is 14.3 Å². The molecule has 5 atom stereocenters. The lowest BCUT2D eigenvalue weighted by molar-refractivity contribution is -0.154. The molecule has 0 spiro atoms. The minimum atomic E-state index is 0.0410. The van der Waals surface area contributed by atoms with Gasteiger partial charge in [-0.3, -0.25) is 4.79 Å². The number of fused-ring (bicyclic) bond motifs is 2. The van der Waals surface area contributed by atoms with Crippen LogP contribution in [-0.4, -0.2) is 25.3 Å². The highest BCUT2D eigenvalue weighted by atomic mass is 16.5. The number of carbonyl (C=O) groups is 1. The van der Waals surface area contributed by atoms with Crippen molar-refractivity contribution in [1.29, 1.82) is 0 Å². The molecule has 3 aliphatic rings. The van der Waals surface area contributed by atoms with Crippen molar-refractivity contribution in [3.63, 3.8) is 0 Å². The molecule has 0 N–H and O–H groups in total. The third kappa shape index (κ3) is 3.13. The highest BCUT2D eigenvalue weighted by molar-refractivity contribution is 5.70. The van der Waals surface area contributed by atoms with Crippen molar-refractivity contribution in [3.8, 4) is 0 Å². The second-order valence-electron chi connectivity index (χ2n) is 6.78. The van der Waals surface area contributed by atoms with Crippen molar-refractivity contribution in [2.24, 2.45) is 17.8 Å². The molecular formula is C16H26O3. The standard InChI is InChI=1S/C16H26O3/c1-18-14-3-2-4-15(10-14)19-16(17)9-13-8-11-5-6-12(13)7-11/h11-15H,2-10H2,1H3. The zero-order chi connectivity index (χ0) is 13.2. The van der Waals surface area contributed by atoms with Crippen molar-refractivity contribution in [3.05, 3.63) is 0 Å². The lowest BCUT2D eigenvalue weighted by Crippen LogP contribution is -2.30. The van der Waals surface area contributed by atoms with Crippen molar-refractivity contribution in [2.45, 2.75) is 70.0 Å². The van der Waals surface area contributed by atoms with Crippen LogP contribution in [0.15, 0.2) is 0 Å². The number of methoxy groups -OCH3 is 1. The van der Waals surface area contributed by atoms with Crippen LogP contribution in [0.3, 0.4) is 0 Å². The van der Waals surface area contributed by atoms with E-state index in [9.17, 15) is 4.79 Å². The number of hydrogen-bond acceptors (Lipinski definition) is 3. The normalized spacial score (nSPS) is 41.4. The summed E-state index contributed by atoms with van der Waals surface area (Å²) < 4.78 is 11.1. The Morgan fingerprint density at radius 1 is 1.05 bits per heavy atom. The van der Waals surface area contributed by atoms with Crippen LogP contribution in [0.4, 0.5) is 0 Å². The molecule has 19 heavy (non-hydrogen) atoms. The fourth-order valence-corrected chi connectivity index (χ4v) is 4.50. The molecule has 3 rings (SSSR count). The van der Waals surface area contributed by atoms with Crippen LogP contribution in [0.1, 0.15) is 57.8 Å². The predicted octanol–water partition coefficient (Wildman–Crippen LogP) is 3.31. The molecule has 0 heterocycles. The largest absolute Gasteiger partial charge is 0.462 e. The lowest BCUT2D eigenvalue weighted by atomic mass is 9.86. The Balaban J connectivity index is 1.43. The summed E-state index contributed by atoms with van der Waals surface area (Å²) in [6, 6.07) is 0. The quantitative estimate of drug-likeness (QED) is 0.732. The van der Waals surface area contributed by atoms with Crippen molar-refractivity contribution in [2.75, 3.05) is 7.11 Å². The molecule has 0 saturated heterocycles. The lowest BCUT2D eigenvalue weighted by Gasteiger charge is -2.29. The van der Waals surface area contributed by atoms with E-state index in [0.29, 0.717) is 12.3 Å². The molecule has 5 unspecified atom stereocenters. The molecule has 3 aliphatic carbocycles. The summed E-state index contributed by atoms with van der Waals surface area (Å²) in [4.78, 5) is 12.1. The molecule has 108 valence electrons. The molecule has 3 saturated carbocycles.